The van der Waals surface area contributed by atoms with Crippen molar-refractivity contribution in [2.24, 2.45) is 0 Å². The summed E-state index contributed by atoms with van der Waals surface area (Å²) < 4.78 is 0. The monoisotopic (exact) mass is 267 g/mol. The van der Waals surface area contributed by atoms with Gasteiger partial charge in [-0.1, -0.05) is 11.6 Å². The van der Waals surface area contributed by atoms with Gasteiger partial charge in [-0.15, -0.1) is 0 Å². The van der Waals surface area contributed by atoms with Crippen LogP contribution in [0.5, 0.6) is 0 Å². The number of carbonyl (C=O) groups is 2. The van der Waals surface area contributed by atoms with E-state index in [0.717, 1.165) is 12.8 Å². The maximum Gasteiger partial charge on any atom is 0.255 e. The molecule has 1 aliphatic rings. The van der Waals surface area contributed by atoms with E-state index < -0.39 is 11.9 Å². The van der Waals surface area contributed by atoms with Crippen molar-refractivity contribution >= 4 is 23.4 Å². The molecule has 2 rings (SSSR count). The number of rotatable bonds is 4. The Morgan fingerprint density at radius 1 is 1.50 bits per heavy atom. The fourth-order valence-electron chi connectivity index (χ4n) is 1.44. The minimum Gasteiger partial charge on any atom is -0.352 e. The Kier molecular flexibility index (Phi) is 3.81. The lowest BCUT2D eigenvalue weighted by atomic mass is 10.2. The molecule has 1 saturated carbocycles. The molecular formula is C12H14ClN3O2. The number of hydrogen-bond donors (Lipinski definition) is 2. The highest BCUT2D eigenvalue weighted by Crippen LogP contribution is 2.18. The quantitative estimate of drug-likeness (QED) is 0.859. The van der Waals surface area contributed by atoms with Gasteiger partial charge in [0.1, 0.15) is 6.04 Å². The molecule has 0 aliphatic heterocycles. The van der Waals surface area contributed by atoms with Crippen molar-refractivity contribution in [1.29, 1.82) is 0 Å². The van der Waals surface area contributed by atoms with E-state index in [1.165, 1.54) is 18.5 Å². The fraction of sp³-hybridized carbons (Fsp3) is 0.417. The second-order valence-electron chi connectivity index (χ2n) is 4.33. The standard InChI is InChI=1S/C12H14ClN3O2/c1-7(11(17)16-8-2-3-8)15-12(18)9-6-14-5-4-10(9)13/h4-8H,2-3H2,1H3,(H,15,18)(H,16,17). The molecule has 1 aliphatic carbocycles. The van der Waals surface area contributed by atoms with Crippen molar-refractivity contribution in [2.75, 3.05) is 0 Å². The molecular weight excluding hydrogens is 254 g/mol. The number of nitrogens with one attached hydrogen (secondary N) is 2. The lowest BCUT2D eigenvalue weighted by Gasteiger charge is -2.14. The van der Waals surface area contributed by atoms with Gasteiger partial charge in [-0.05, 0) is 25.8 Å². The Labute approximate surface area is 110 Å². The zero-order chi connectivity index (χ0) is 13.1. The molecule has 6 heteroatoms. The van der Waals surface area contributed by atoms with Crippen molar-refractivity contribution in [1.82, 2.24) is 15.6 Å². The summed E-state index contributed by atoms with van der Waals surface area (Å²) in [5, 5.41) is 5.73. The van der Waals surface area contributed by atoms with E-state index in [0.29, 0.717) is 5.02 Å². The van der Waals surface area contributed by atoms with E-state index in [1.54, 1.807) is 6.92 Å². The van der Waals surface area contributed by atoms with E-state index in [4.69, 9.17) is 11.6 Å². The molecule has 1 aromatic rings. The first-order chi connectivity index (χ1) is 8.58. The van der Waals surface area contributed by atoms with Gasteiger partial charge < -0.3 is 10.6 Å². The van der Waals surface area contributed by atoms with E-state index in [9.17, 15) is 9.59 Å². The third-order valence-electron chi connectivity index (χ3n) is 2.68. The Morgan fingerprint density at radius 3 is 2.83 bits per heavy atom. The Hall–Kier alpha value is -1.62. The summed E-state index contributed by atoms with van der Waals surface area (Å²) in [5.74, 6) is -0.572. The minimum atomic E-state index is -0.589. The van der Waals surface area contributed by atoms with Crippen LogP contribution < -0.4 is 10.6 Å². The molecule has 2 N–H and O–H groups in total. The molecule has 0 spiro atoms. The number of hydrogen-bond acceptors (Lipinski definition) is 3. The predicted molar refractivity (Wildman–Crippen MR) is 67.3 cm³/mol. The van der Waals surface area contributed by atoms with Crippen LogP contribution in [0.4, 0.5) is 0 Å². The topological polar surface area (TPSA) is 71.1 Å². The molecule has 5 nitrogen and oxygen atoms in total. The third-order valence-corrected chi connectivity index (χ3v) is 3.01. The summed E-state index contributed by atoms with van der Waals surface area (Å²) in [5.41, 5.74) is 0.269. The maximum absolute atomic E-state index is 11.9. The van der Waals surface area contributed by atoms with Crippen LogP contribution in [0.3, 0.4) is 0 Å². The summed E-state index contributed by atoms with van der Waals surface area (Å²) in [7, 11) is 0. The molecule has 18 heavy (non-hydrogen) atoms. The highest BCUT2D eigenvalue weighted by atomic mass is 35.5. The largest absolute Gasteiger partial charge is 0.352 e. The van der Waals surface area contributed by atoms with Crippen LogP contribution in [0.1, 0.15) is 30.1 Å². The predicted octanol–water partition coefficient (Wildman–Crippen LogP) is 1.13. The van der Waals surface area contributed by atoms with Gasteiger partial charge in [-0.25, -0.2) is 0 Å². The second-order valence-corrected chi connectivity index (χ2v) is 4.74. The fourth-order valence-corrected chi connectivity index (χ4v) is 1.63. The molecule has 1 heterocycles. The van der Waals surface area contributed by atoms with Crippen molar-refractivity contribution < 1.29 is 9.59 Å². The lowest BCUT2D eigenvalue weighted by molar-refractivity contribution is -0.122. The summed E-state index contributed by atoms with van der Waals surface area (Å²) in [6.07, 6.45) is 4.91. The van der Waals surface area contributed by atoms with Gasteiger partial charge >= 0.3 is 0 Å². The van der Waals surface area contributed by atoms with Crippen LogP contribution in [0.15, 0.2) is 18.5 Å². The zero-order valence-corrected chi connectivity index (χ0v) is 10.7. The van der Waals surface area contributed by atoms with E-state index in [1.807, 2.05) is 0 Å². The van der Waals surface area contributed by atoms with Crippen LogP contribution >= 0.6 is 11.6 Å². The summed E-state index contributed by atoms with van der Waals surface area (Å²) in [6, 6.07) is 1.22. The number of amides is 2. The Bertz CT molecular complexity index is 474. The summed E-state index contributed by atoms with van der Waals surface area (Å²) >= 11 is 5.88. The smallest absolute Gasteiger partial charge is 0.255 e. The van der Waals surface area contributed by atoms with E-state index in [-0.39, 0.29) is 17.5 Å². The molecule has 1 unspecified atom stereocenters. The lowest BCUT2D eigenvalue weighted by Crippen LogP contribution is -2.45. The number of pyridine rings is 1. The molecule has 96 valence electrons. The van der Waals surface area contributed by atoms with Gasteiger partial charge in [0.15, 0.2) is 0 Å². The SMILES string of the molecule is CC(NC(=O)c1cnccc1Cl)C(=O)NC1CC1. The summed E-state index contributed by atoms with van der Waals surface area (Å²) in [4.78, 5) is 27.4. The van der Waals surface area contributed by atoms with Crippen LogP contribution in [0.2, 0.25) is 5.02 Å². The molecule has 2 amide bonds. The van der Waals surface area contributed by atoms with Crippen LogP contribution in [-0.4, -0.2) is 28.9 Å². The number of carbonyl (C=O) groups excluding carboxylic acids is 2. The average Bonchev–Trinajstić information content (AvgIpc) is 3.13. The molecule has 1 fully saturated rings. The third kappa shape index (κ3) is 3.20. The average molecular weight is 268 g/mol. The van der Waals surface area contributed by atoms with Crippen molar-refractivity contribution in [3.8, 4) is 0 Å². The van der Waals surface area contributed by atoms with E-state index in [2.05, 4.69) is 15.6 Å². The number of halogens is 1. The van der Waals surface area contributed by atoms with Crippen LogP contribution in [0, 0.1) is 0 Å². The van der Waals surface area contributed by atoms with Crippen LogP contribution in [-0.2, 0) is 4.79 Å². The number of nitrogens with zero attached hydrogens (tertiary/aromatic N) is 1. The maximum atomic E-state index is 11.9. The molecule has 0 aromatic carbocycles. The van der Waals surface area contributed by atoms with Crippen molar-refractivity contribution in [3.05, 3.63) is 29.0 Å². The second kappa shape index (κ2) is 5.35. The van der Waals surface area contributed by atoms with Crippen molar-refractivity contribution in [3.63, 3.8) is 0 Å². The minimum absolute atomic E-state index is 0.175. The van der Waals surface area contributed by atoms with Crippen LogP contribution in [0.25, 0.3) is 0 Å². The number of aromatic nitrogens is 1. The van der Waals surface area contributed by atoms with Gasteiger partial charge in [-0.2, -0.15) is 0 Å². The van der Waals surface area contributed by atoms with Crippen molar-refractivity contribution in [2.45, 2.75) is 31.8 Å². The van der Waals surface area contributed by atoms with Gasteiger partial charge in [-0.3, -0.25) is 14.6 Å². The molecule has 1 atom stereocenters. The van der Waals surface area contributed by atoms with Gasteiger partial charge in [0, 0.05) is 18.4 Å². The zero-order valence-electron chi connectivity index (χ0n) is 9.94. The highest BCUT2D eigenvalue weighted by molar-refractivity contribution is 6.33. The Balaban J connectivity index is 1.94. The molecule has 0 radical (unpaired) electrons. The molecule has 0 saturated heterocycles. The van der Waals surface area contributed by atoms with Gasteiger partial charge in [0.2, 0.25) is 5.91 Å². The first-order valence-corrected chi connectivity index (χ1v) is 6.16. The Morgan fingerprint density at radius 2 is 2.22 bits per heavy atom. The van der Waals surface area contributed by atoms with Gasteiger partial charge in [0.05, 0.1) is 10.6 Å². The summed E-state index contributed by atoms with van der Waals surface area (Å²) in [6.45, 7) is 1.64. The normalized spacial score (nSPS) is 15.9. The molecule has 1 aromatic heterocycles. The highest BCUT2D eigenvalue weighted by Gasteiger charge is 2.26. The molecule has 0 bridgehead atoms. The van der Waals surface area contributed by atoms with Gasteiger partial charge in [0.25, 0.3) is 5.91 Å². The first-order valence-electron chi connectivity index (χ1n) is 5.78. The van der Waals surface area contributed by atoms with E-state index >= 15 is 0 Å². The first kappa shape index (κ1) is 12.8.